The summed E-state index contributed by atoms with van der Waals surface area (Å²) in [7, 11) is 0. The fourth-order valence-electron chi connectivity index (χ4n) is 1.73. The van der Waals surface area contributed by atoms with Gasteiger partial charge in [0, 0.05) is 0 Å². The molecule has 1 N–H and O–H groups in total. The van der Waals surface area contributed by atoms with Gasteiger partial charge in [-0.2, -0.15) is 0 Å². The number of piperazine rings is 1. The Balaban J connectivity index is 2.43. The van der Waals surface area contributed by atoms with E-state index in [9.17, 15) is 18.4 Å². The van der Waals surface area contributed by atoms with Crippen molar-refractivity contribution in [3.05, 3.63) is 29.3 Å². The minimum absolute atomic E-state index is 0.233. The van der Waals surface area contributed by atoms with Gasteiger partial charge in [-0.05, 0) is 18.6 Å². The molecule has 0 bridgehead atoms. The van der Waals surface area contributed by atoms with Crippen molar-refractivity contribution in [3.8, 4) is 0 Å². The van der Waals surface area contributed by atoms with E-state index in [2.05, 4.69) is 5.32 Å². The van der Waals surface area contributed by atoms with Crippen LogP contribution in [0.5, 0.6) is 0 Å². The summed E-state index contributed by atoms with van der Waals surface area (Å²) in [5, 5.41) is 2.07. The number of nitrogens with one attached hydrogen (secondary N) is 1. The summed E-state index contributed by atoms with van der Waals surface area (Å²) >= 11 is 0. The number of halogens is 2. The maximum Gasteiger partial charge on any atom is 0.246 e. The highest BCUT2D eigenvalue weighted by Crippen LogP contribution is 2.26. The minimum Gasteiger partial charge on any atom is -0.348 e. The Hall–Kier alpha value is -1.98. The minimum atomic E-state index is -0.782. The van der Waals surface area contributed by atoms with Gasteiger partial charge in [0.15, 0.2) is 5.82 Å². The van der Waals surface area contributed by atoms with Gasteiger partial charge >= 0.3 is 0 Å². The molecule has 1 aromatic carbocycles. The first kappa shape index (κ1) is 11.5. The van der Waals surface area contributed by atoms with Crippen LogP contribution in [0.15, 0.2) is 12.1 Å². The number of carbonyl (C=O) groups excluding carboxylic acids is 2. The van der Waals surface area contributed by atoms with Gasteiger partial charge in [-0.25, -0.2) is 8.78 Å². The van der Waals surface area contributed by atoms with E-state index in [0.717, 1.165) is 11.0 Å². The number of benzene rings is 1. The van der Waals surface area contributed by atoms with Crippen LogP contribution in [-0.4, -0.2) is 24.9 Å². The second kappa shape index (κ2) is 4.12. The molecule has 0 radical (unpaired) electrons. The fraction of sp³-hybridized carbons (Fsp3) is 0.273. The zero-order valence-electron chi connectivity index (χ0n) is 9.09. The lowest BCUT2D eigenvalue weighted by atomic mass is 10.1. The molecule has 17 heavy (non-hydrogen) atoms. The molecule has 0 unspecified atom stereocenters. The van der Waals surface area contributed by atoms with Gasteiger partial charge in [0.25, 0.3) is 0 Å². The Morgan fingerprint density at radius 2 is 1.76 bits per heavy atom. The van der Waals surface area contributed by atoms with E-state index >= 15 is 0 Å². The predicted molar refractivity (Wildman–Crippen MR) is 56.5 cm³/mol. The molecule has 1 aliphatic rings. The molecule has 2 amide bonds. The van der Waals surface area contributed by atoms with Crippen LogP contribution >= 0.6 is 0 Å². The third-order valence-electron chi connectivity index (χ3n) is 2.52. The maximum atomic E-state index is 13.8. The van der Waals surface area contributed by atoms with Crippen LogP contribution < -0.4 is 10.2 Å². The number of amides is 2. The van der Waals surface area contributed by atoms with Gasteiger partial charge < -0.3 is 4.90 Å². The number of imide groups is 1. The van der Waals surface area contributed by atoms with E-state index < -0.39 is 23.4 Å². The van der Waals surface area contributed by atoms with Crippen LogP contribution in [0.2, 0.25) is 0 Å². The average Bonchev–Trinajstić information content (AvgIpc) is 2.23. The second-order valence-corrected chi connectivity index (χ2v) is 3.85. The molecule has 1 fully saturated rings. The number of hydrogen-bond acceptors (Lipinski definition) is 3. The molecule has 0 aromatic heterocycles. The Morgan fingerprint density at radius 1 is 1.18 bits per heavy atom. The summed E-state index contributed by atoms with van der Waals surface area (Å²) in [4.78, 5) is 23.4. The first-order valence-electron chi connectivity index (χ1n) is 5.01. The van der Waals surface area contributed by atoms with Crippen molar-refractivity contribution in [2.45, 2.75) is 6.92 Å². The van der Waals surface area contributed by atoms with Gasteiger partial charge in [-0.1, -0.05) is 6.07 Å². The number of nitrogens with zero attached hydrogens (tertiary/aromatic N) is 1. The number of carbonyl (C=O) groups is 2. The van der Waals surface area contributed by atoms with E-state index in [1.165, 1.54) is 13.0 Å². The standard InChI is InChI=1S/C11H10F2N2O2/c1-6-2-3-7(12)11(10(6)13)15-4-8(16)14-9(17)5-15/h2-3H,4-5H2,1H3,(H,14,16,17). The van der Waals surface area contributed by atoms with Crippen LogP contribution in [0.3, 0.4) is 0 Å². The Labute approximate surface area is 96.2 Å². The molecule has 0 aliphatic carbocycles. The van der Waals surface area contributed by atoms with Crippen molar-refractivity contribution < 1.29 is 18.4 Å². The predicted octanol–water partition coefficient (Wildman–Crippen LogP) is 0.736. The third-order valence-corrected chi connectivity index (χ3v) is 2.52. The third kappa shape index (κ3) is 2.11. The molecule has 1 heterocycles. The van der Waals surface area contributed by atoms with E-state index in [4.69, 9.17) is 0 Å². The van der Waals surface area contributed by atoms with E-state index in [-0.39, 0.29) is 24.3 Å². The van der Waals surface area contributed by atoms with Crippen LogP contribution in [-0.2, 0) is 9.59 Å². The first-order valence-corrected chi connectivity index (χ1v) is 5.01. The quantitative estimate of drug-likeness (QED) is 0.736. The number of anilines is 1. The topological polar surface area (TPSA) is 49.4 Å². The van der Waals surface area contributed by atoms with Crippen molar-refractivity contribution in [2.75, 3.05) is 18.0 Å². The molecule has 0 atom stereocenters. The zero-order chi connectivity index (χ0) is 12.6. The summed E-state index contributed by atoms with van der Waals surface area (Å²) in [6.45, 7) is 1.02. The van der Waals surface area contributed by atoms with Crippen molar-refractivity contribution >= 4 is 17.5 Å². The highest BCUT2D eigenvalue weighted by Gasteiger charge is 2.27. The largest absolute Gasteiger partial charge is 0.348 e. The van der Waals surface area contributed by atoms with Crippen molar-refractivity contribution in [1.29, 1.82) is 0 Å². The van der Waals surface area contributed by atoms with Gasteiger partial charge in [-0.15, -0.1) is 0 Å². The average molecular weight is 240 g/mol. The summed E-state index contributed by atoms with van der Waals surface area (Å²) < 4.78 is 27.3. The number of hydrogen-bond donors (Lipinski definition) is 1. The second-order valence-electron chi connectivity index (χ2n) is 3.85. The lowest BCUT2D eigenvalue weighted by Gasteiger charge is -2.28. The smallest absolute Gasteiger partial charge is 0.246 e. The molecule has 4 nitrogen and oxygen atoms in total. The van der Waals surface area contributed by atoms with E-state index in [0.29, 0.717) is 0 Å². The summed E-state index contributed by atoms with van der Waals surface area (Å²) in [5.74, 6) is -2.66. The first-order chi connectivity index (χ1) is 7.99. The molecule has 2 rings (SSSR count). The monoisotopic (exact) mass is 240 g/mol. The van der Waals surface area contributed by atoms with Gasteiger partial charge in [0.2, 0.25) is 11.8 Å². The van der Waals surface area contributed by atoms with Crippen LogP contribution in [0.25, 0.3) is 0 Å². The number of rotatable bonds is 1. The highest BCUT2D eigenvalue weighted by atomic mass is 19.1. The van der Waals surface area contributed by atoms with Gasteiger partial charge in [0.1, 0.15) is 11.5 Å². The van der Waals surface area contributed by atoms with Crippen molar-refractivity contribution in [1.82, 2.24) is 5.32 Å². The summed E-state index contributed by atoms with van der Waals surface area (Å²) in [5.41, 5.74) is -0.0620. The molecular formula is C11H10F2N2O2. The van der Waals surface area contributed by atoms with Crippen molar-refractivity contribution in [3.63, 3.8) is 0 Å². The summed E-state index contributed by atoms with van der Waals surface area (Å²) in [6, 6.07) is 2.42. The Kier molecular flexibility index (Phi) is 2.79. The Morgan fingerprint density at radius 3 is 2.35 bits per heavy atom. The molecule has 6 heteroatoms. The van der Waals surface area contributed by atoms with E-state index in [1.54, 1.807) is 0 Å². The normalized spacial score (nSPS) is 16.1. The van der Waals surface area contributed by atoms with Crippen LogP contribution in [0, 0.1) is 18.6 Å². The summed E-state index contributed by atoms with van der Waals surface area (Å²) in [6.07, 6.45) is 0. The van der Waals surface area contributed by atoms with Gasteiger partial charge in [-0.3, -0.25) is 14.9 Å². The van der Waals surface area contributed by atoms with Gasteiger partial charge in [0.05, 0.1) is 13.1 Å². The van der Waals surface area contributed by atoms with E-state index in [1.807, 2.05) is 0 Å². The molecule has 90 valence electrons. The van der Waals surface area contributed by atoms with Crippen LogP contribution in [0.4, 0.5) is 14.5 Å². The fourth-order valence-corrected chi connectivity index (χ4v) is 1.73. The lowest BCUT2D eigenvalue weighted by molar-refractivity contribution is -0.130. The molecular weight excluding hydrogens is 230 g/mol. The molecule has 1 aromatic rings. The Bertz CT molecular complexity index is 486. The molecule has 0 saturated carbocycles. The maximum absolute atomic E-state index is 13.8. The zero-order valence-corrected chi connectivity index (χ0v) is 9.09. The molecule has 1 aliphatic heterocycles. The molecule has 0 spiro atoms. The number of aryl methyl sites for hydroxylation is 1. The molecule has 1 saturated heterocycles. The van der Waals surface area contributed by atoms with Crippen molar-refractivity contribution in [2.24, 2.45) is 0 Å². The lowest BCUT2D eigenvalue weighted by Crippen LogP contribution is -2.52. The van der Waals surface area contributed by atoms with Crippen LogP contribution in [0.1, 0.15) is 5.56 Å². The highest BCUT2D eigenvalue weighted by molar-refractivity contribution is 6.02. The SMILES string of the molecule is Cc1ccc(F)c(N2CC(=O)NC(=O)C2)c1F.